The van der Waals surface area contributed by atoms with Crippen molar-refractivity contribution in [1.82, 2.24) is 9.80 Å². The van der Waals surface area contributed by atoms with Gasteiger partial charge in [-0.15, -0.1) is 0 Å². The maximum Gasteiger partial charge on any atom is 0.295 e. The second-order valence-electron chi connectivity index (χ2n) is 10.1. The van der Waals surface area contributed by atoms with E-state index < -0.39 is 17.7 Å². The summed E-state index contributed by atoms with van der Waals surface area (Å²) in [6.07, 6.45) is 0.674. The van der Waals surface area contributed by atoms with E-state index in [0.29, 0.717) is 73.5 Å². The lowest BCUT2D eigenvalue weighted by atomic mass is 9.95. The van der Waals surface area contributed by atoms with Crippen LogP contribution in [0.2, 0.25) is 0 Å². The molecule has 2 fully saturated rings. The summed E-state index contributed by atoms with van der Waals surface area (Å²) < 4.78 is 22.8. The smallest absolute Gasteiger partial charge is 0.295 e. The van der Waals surface area contributed by atoms with Crippen LogP contribution in [0.25, 0.3) is 5.76 Å². The lowest BCUT2D eigenvalue weighted by Gasteiger charge is -2.29. The Morgan fingerprint density at radius 2 is 1.59 bits per heavy atom. The van der Waals surface area contributed by atoms with E-state index in [2.05, 4.69) is 4.90 Å². The number of hydrogen-bond donors (Lipinski definition) is 1. The topological polar surface area (TPSA) is 97.8 Å². The molecule has 0 saturated carbocycles. The number of likely N-dealkylation sites (tertiary alicyclic amines) is 1. The van der Waals surface area contributed by atoms with Crippen LogP contribution in [0.1, 0.15) is 23.6 Å². The SMILES string of the molecule is O=C1C(=O)N(CCCN2CCOCC2)C(c2cccc(Oc3ccccc3)c2)C1=C(O)c1ccc2c(c1)OCCO2. The van der Waals surface area contributed by atoms with Crippen molar-refractivity contribution >= 4 is 17.4 Å². The van der Waals surface area contributed by atoms with Crippen molar-refractivity contribution in [3.05, 3.63) is 89.5 Å². The molecule has 3 aromatic rings. The van der Waals surface area contributed by atoms with Gasteiger partial charge < -0.3 is 29.0 Å². The first-order valence-electron chi connectivity index (χ1n) is 13.9. The zero-order valence-corrected chi connectivity index (χ0v) is 22.7. The van der Waals surface area contributed by atoms with E-state index in [0.717, 1.165) is 19.6 Å². The van der Waals surface area contributed by atoms with Crippen molar-refractivity contribution in [2.75, 3.05) is 52.6 Å². The third-order valence-electron chi connectivity index (χ3n) is 7.49. The predicted molar refractivity (Wildman–Crippen MR) is 151 cm³/mol. The first-order chi connectivity index (χ1) is 20.1. The van der Waals surface area contributed by atoms with Gasteiger partial charge in [-0.2, -0.15) is 0 Å². The van der Waals surface area contributed by atoms with E-state index in [-0.39, 0.29) is 11.3 Å². The van der Waals surface area contributed by atoms with Crippen LogP contribution in [0.3, 0.4) is 0 Å². The molecular formula is C32H32N2O7. The number of amides is 1. The first kappa shape index (κ1) is 26.9. The molecule has 2 saturated heterocycles. The normalized spacial score (nSPS) is 20.3. The number of para-hydroxylation sites is 1. The van der Waals surface area contributed by atoms with Crippen molar-refractivity contribution in [2.45, 2.75) is 12.5 Å². The molecule has 0 bridgehead atoms. The molecule has 1 amide bonds. The lowest BCUT2D eigenvalue weighted by molar-refractivity contribution is -0.140. The van der Waals surface area contributed by atoms with Crippen molar-refractivity contribution in [1.29, 1.82) is 0 Å². The number of hydrogen-bond acceptors (Lipinski definition) is 8. The minimum atomic E-state index is -0.785. The molecular weight excluding hydrogens is 524 g/mol. The van der Waals surface area contributed by atoms with Gasteiger partial charge in [-0.1, -0.05) is 30.3 Å². The van der Waals surface area contributed by atoms with E-state index in [4.69, 9.17) is 18.9 Å². The van der Waals surface area contributed by atoms with Crippen LogP contribution in [0, 0.1) is 0 Å². The molecule has 1 N–H and O–H groups in total. The van der Waals surface area contributed by atoms with Gasteiger partial charge in [0.05, 0.1) is 24.8 Å². The fourth-order valence-electron chi connectivity index (χ4n) is 5.47. The van der Waals surface area contributed by atoms with E-state index in [1.807, 2.05) is 54.6 Å². The summed E-state index contributed by atoms with van der Waals surface area (Å²) in [7, 11) is 0. The Morgan fingerprint density at radius 3 is 2.39 bits per heavy atom. The number of nitrogens with zero attached hydrogens (tertiary/aromatic N) is 2. The molecule has 0 radical (unpaired) electrons. The molecule has 3 aliphatic rings. The highest BCUT2D eigenvalue weighted by atomic mass is 16.6. The van der Waals surface area contributed by atoms with Gasteiger partial charge in [0.25, 0.3) is 11.7 Å². The zero-order valence-electron chi connectivity index (χ0n) is 22.7. The van der Waals surface area contributed by atoms with Gasteiger partial charge in [0.2, 0.25) is 0 Å². The Bertz CT molecular complexity index is 1450. The molecule has 41 heavy (non-hydrogen) atoms. The summed E-state index contributed by atoms with van der Waals surface area (Å²) in [5.74, 6) is 0.671. The van der Waals surface area contributed by atoms with Crippen LogP contribution in [-0.2, 0) is 14.3 Å². The third kappa shape index (κ3) is 5.77. The minimum absolute atomic E-state index is 0.0370. The van der Waals surface area contributed by atoms with Gasteiger partial charge in [0.15, 0.2) is 11.5 Å². The van der Waals surface area contributed by atoms with Crippen molar-refractivity contribution in [3.8, 4) is 23.0 Å². The Labute approximate surface area is 238 Å². The Kier molecular flexibility index (Phi) is 7.89. The number of aliphatic hydroxyl groups is 1. The highest BCUT2D eigenvalue weighted by Gasteiger charge is 2.46. The largest absolute Gasteiger partial charge is 0.507 e. The number of benzene rings is 3. The van der Waals surface area contributed by atoms with Crippen LogP contribution in [0.5, 0.6) is 23.0 Å². The quantitative estimate of drug-likeness (QED) is 0.248. The van der Waals surface area contributed by atoms with E-state index >= 15 is 0 Å². The molecule has 3 aromatic carbocycles. The molecule has 6 rings (SSSR count). The number of fused-ring (bicyclic) bond motifs is 1. The molecule has 1 atom stereocenters. The Morgan fingerprint density at radius 1 is 0.829 bits per heavy atom. The molecule has 9 heteroatoms. The monoisotopic (exact) mass is 556 g/mol. The summed E-state index contributed by atoms with van der Waals surface area (Å²) in [5, 5.41) is 11.5. The summed E-state index contributed by atoms with van der Waals surface area (Å²) in [5.41, 5.74) is 1.08. The molecule has 1 unspecified atom stereocenters. The molecule has 0 aromatic heterocycles. The lowest BCUT2D eigenvalue weighted by Crippen LogP contribution is -2.38. The fraction of sp³-hybridized carbons (Fsp3) is 0.312. The van der Waals surface area contributed by atoms with Crippen molar-refractivity contribution < 1.29 is 33.6 Å². The maximum absolute atomic E-state index is 13.5. The average molecular weight is 557 g/mol. The molecule has 212 valence electrons. The molecule has 0 spiro atoms. The van der Waals surface area contributed by atoms with Gasteiger partial charge >= 0.3 is 0 Å². The Balaban J connectivity index is 1.35. The number of carbonyl (C=O) groups is 2. The number of Topliss-reactive ketones (excluding diaryl/α,β-unsaturated/α-hetero) is 1. The van der Waals surface area contributed by atoms with Crippen molar-refractivity contribution in [2.24, 2.45) is 0 Å². The fourth-order valence-corrected chi connectivity index (χ4v) is 5.47. The van der Waals surface area contributed by atoms with Crippen LogP contribution in [0.15, 0.2) is 78.4 Å². The summed E-state index contributed by atoms with van der Waals surface area (Å²) in [6.45, 7) is 5.01. The number of morpholine rings is 1. The third-order valence-corrected chi connectivity index (χ3v) is 7.49. The number of aliphatic hydroxyl groups excluding tert-OH is 1. The van der Waals surface area contributed by atoms with Crippen LogP contribution in [0.4, 0.5) is 0 Å². The first-order valence-corrected chi connectivity index (χ1v) is 13.9. The second-order valence-corrected chi connectivity index (χ2v) is 10.1. The van der Waals surface area contributed by atoms with E-state index in [1.165, 1.54) is 0 Å². The maximum atomic E-state index is 13.5. The Hall–Kier alpha value is -4.34. The van der Waals surface area contributed by atoms with Gasteiger partial charge in [0.1, 0.15) is 30.5 Å². The van der Waals surface area contributed by atoms with Gasteiger partial charge in [-0.25, -0.2) is 0 Å². The van der Waals surface area contributed by atoms with Gasteiger partial charge in [0, 0.05) is 31.7 Å². The number of carbonyl (C=O) groups excluding carboxylic acids is 2. The van der Waals surface area contributed by atoms with E-state index in [9.17, 15) is 14.7 Å². The standard InChI is InChI=1S/C32H32N2O7/c35-30(23-10-11-26-27(21-23)40-19-18-39-26)28-29(22-6-4-9-25(20-22)41-24-7-2-1-3-8-24)34(32(37)31(28)36)13-5-12-33-14-16-38-17-15-33/h1-4,6-11,20-21,29,35H,5,12-19H2. The van der Waals surface area contributed by atoms with Crippen LogP contribution in [-0.4, -0.2) is 79.2 Å². The van der Waals surface area contributed by atoms with Gasteiger partial charge in [-0.05, 0) is 54.4 Å². The minimum Gasteiger partial charge on any atom is -0.507 e. The molecule has 9 nitrogen and oxygen atoms in total. The summed E-state index contributed by atoms with van der Waals surface area (Å²) in [6, 6.07) is 20.9. The number of rotatable bonds is 8. The highest BCUT2D eigenvalue weighted by Crippen LogP contribution is 2.42. The van der Waals surface area contributed by atoms with Crippen LogP contribution < -0.4 is 14.2 Å². The summed E-state index contributed by atoms with van der Waals surface area (Å²) in [4.78, 5) is 30.8. The van der Waals surface area contributed by atoms with Crippen LogP contribution >= 0.6 is 0 Å². The second kappa shape index (κ2) is 12.0. The predicted octanol–water partition coefficient (Wildman–Crippen LogP) is 4.39. The molecule has 3 aliphatic heterocycles. The van der Waals surface area contributed by atoms with E-state index in [1.54, 1.807) is 23.1 Å². The van der Waals surface area contributed by atoms with Gasteiger partial charge in [-0.3, -0.25) is 14.5 Å². The number of ether oxygens (including phenoxy) is 4. The highest BCUT2D eigenvalue weighted by molar-refractivity contribution is 6.46. The molecule has 3 heterocycles. The number of ketones is 1. The van der Waals surface area contributed by atoms with Crippen molar-refractivity contribution in [3.63, 3.8) is 0 Å². The zero-order chi connectivity index (χ0) is 28.2. The molecule has 0 aliphatic carbocycles. The summed E-state index contributed by atoms with van der Waals surface area (Å²) >= 11 is 0. The average Bonchev–Trinajstić information content (AvgIpc) is 3.27.